The van der Waals surface area contributed by atoms with E-state index in [9.17, 15) is 4.79 Å². The molecular weight excluding hydrogens is 360 g/mol. The Labute approximate surface area is 168 Å². The first-order chi connectivity index (χ1) is 13.1. The number of hydrogen-bond acceptors (Lipinski definition) is 5. The Kier molecular flexibility index (Phi) is 7.91. The van der Waals surface area contributed by atoms with E-state index in [0.29, 0.717) is 23.1 Å². The van der Waals surface area contributed by atoms with E-state index in [1.807, 2.05) is 16.7 Å². The Bertz CT molecular complexity index is 520. The lowest BCUT2D eigenvalue weighted by Crippen LogP contribution is -2.43. The number of piperidine rings is 1. The van der Waals surface area contributed by atoms with Gasteiger partial charge in [0.05, 0.1) is 24.3 Å². The molecule has 5 nitrogen and oxygen atoms in total. The summed E-state index contributed by atoms with van der Waals surface area (Å²) in [6.07, 6.45) is 6.79. The number of nitrogens with zero attached hydrogens (tertiary/aromatic N) is 1. The number of rotatable bonds is 6. The van der Waals surface area contributed by atoms with Crippen LogP contribution in [0.15, 0.2) is 11.1 Å². The summed E-state index contributed by atoms with van der Waals surface area (Å²) in [6.45, 7) is 9.53. The first kappa shape index (κ1) is 21.0. The van der Waals surface area contributed by atoms with Crippen molar-refractivity contribution < 1.29 is 14.3 Å². The van der Waals surface area contributed by atoms with Crippen molar-refractivity contribution in [1.29, 1.82) is 0 Å². The minimum Gasteiger partial charge on any atom is -0.372 e. The van der Waals surface area contributed by atoms with Gasteiger partial charge in [-0.1, -0.05) is 33.1 Å². The van der Waals surface area contributed by atoms with Crippen LogP contribution in [0.4, 0.5) is 0 Å². The van der Waals surface area contributed by atoms with Gasteiger partial charge >= 0.3 is 0 Å². The number of likely N-dealkylation sites (tertiary alicyclic amines) is 1. The van der Waals surface area contributed by atoms with E-state index in [0.717, 1.165) is 51.3 Å². The molecule has 27 heavy (non-hydrogen) atoms. The van der Waals surface area contributed by atoms with Gasteiger partial charge in [0, 0.05) is 20.0 Å². The van der Waals surface area contributed by atoms with E-state index in [-0.39, 0.29) is 12.2 Å². The predicted molar refractivity (Wildman–Crippen MR) is 110 cm³/mol. The summed E-state index contributed by atoms with van der Waals surface area (Å²) in [5.41, 5.74) is 1.09. The highest BCUT2D eigenvalue weighted by Crippen LogP contribution is 2.35. The average Bonchev–Trinajstić information content (AvgIpc) is 3.08. The molecule has 3 aliphatic heterocycles. The number of thioether (sulfide) groups is 1. The van der Waals surface area contributed by atoms with Gasteiger partial charge in [-0.3, -0.25) is 4.79 Å². The van der Waals surface area contributed by atoms with Gasteiger partial charge in [-0.05, 0) is 42.4 Å². The minimum atomic E-state index is -0.250. The first-order valence-electron chi connectivity index (χ1n) is 10.7. The number of nitrogens with one attached hydrogen (secondary N) is 1. The zero-order chi connectivity index (χ0) is 19.2. The van der Waals surface area contributed by atoms with Gasteiger partial charge in [0.25, 0.3) is 0 Å². The monoisotopic (exact) mass is 396 g/mol. The standard InChI is InChI=1S/C21H36N2O3S/c1-4-6-7-18-13-26-21(25-12-16(18)5-2)19-14-27-20(22-19)17-8-10-23(11-9-17)15(3)24/h14,16-18,20-22H,4-13H2,1-3H3. The maximum atomic E-state index is 11.5. The largest absolute Gasteiger partial charge is 0.372 e. The van der Waals surface area contributed by atoms with Gasteiger partial charge in [0.15, 0.2) is 6.29 Å². The molecule has 0 aromatic carbocycles. The summed E-state index contributed by atoms with van der Waals surface area (Å²) in [5.74, 6) is 2.00. The molecule has 6 heteroatoms. The van der Waals surface area contributed by atoms with Crippen LogP contribution in [0.5, 0.6) is 0 Å². The molecule has 0 bridgehead atoms. The molecule has 0 spiro atoms. The Morgan fingerprint density at radius 2 is 1.93 bits per heavy atom. The van der Waals surface area contributed by atoms with Crippen molar-refractivity contribution in [2.45, 2.75) is 71.0 Å². The molecule has 2 saturated heterocycles. The van der Waals surface area contributed by atoms with Crippen LogP contribution in [0.1, 0.15) is 59.3 Å². The minimum absolute atomic E-state index is 0.197. The predicted octanol–water partition coefficient (Wildman–Crippen LogP) is 3.95. The number of carbonyl (C=O) groups excluding carboxylic acids is 1. The summed E-state index contributed by atoms with van der Waals surface area (Å²) in [5, 5.41) is 6.24. The maximum Gasteiger partial charge on any atom is 0.219 e. The fourth-order valence-corrected chi connectivity index (χ4v) is 5.58. The van der Waals surface area contributed by atoms with Crippen molar-refractivity contribution in [3.05, 3.63) is 11.1 Å². The molecule has 2 fully saturated rings. The van der Waals surface area contributed by atoms with Crippen molar-refractivity contribution in [1.82, 2.24) is 10.2 Å². The summed E-state index contributed by atoms with van der Waals surface area (Å²) < 4.78 is 12.4. The van der Waals surface area contributed by atoms with E-state index in [4.69, 9.17) is 9.47 Å². The SMILES string of the molecule is CCCCC1COC(C2=CSC(C3CCN(C(C)=O)CC3)N2)OCC1CC. The molecule has 1 N–H and O–H groups in total. The highest BCUT2D eigenvalue weighted by Gasteiger charge is 2.35. The van der Waals surface area contributed by atoms with Crippen LogP contribution in [0.25, 0.3) is 0 Å². The third-order valence-electron chi connectivity index (χ3n) is 6.36. The normalized spacial score (nSPS) is 32.7. The number of carbonyl (C=O) groups is 1. The summed E-state index contributed by atoms with van der Waals surface area (Å²) in [7, 11) is 0. The molecule has 154 valence electrons. The topological polar surface area (TPSA) is 50.8 Å². The maximum absolute atomic E-state index is 11.5. The van der Waals surface area contributed by atoms with Crippen molar-refractivity contribution in [2.75, 3.05) is 26.3 Å². The van der Waals surface area contributed by atoms with Gasteiger partial charge in [-0.25, -0.2) is 0 Å². The van der Waals surface area contributed by atoms with Crippen molar-refractivity contribution >= 4 is 17.7 Å². The Hall–Kier alpha value is -0.720. The second kappa shape index (κ2) is 10.2. The van der Waals surface area contributed by atoms with Gasteiger partial charge in [0.2, 0.25) is 5.91 Å². The molecule has 3 rings (SSSR count). The Morgan fingerprint density at radius 3 is 2.56 bits per heavy atom. The number of amides is 1. The zero-order valence-electron chi connectivity index (χ0n) is 17.1. The number of hydrogen-bond donors (Lipinski definition) is 1. The molecule has 1 amide bonds. The van der Waals surface area contributed by atoms with Crippen LogP contribution in [0.3, 0.4) is 0 Å². The Balaban J connectivity index is 1.49. The molecule has 4 atom stereocenters. The molecule has 3 heterocycles. The lowest BCUT2D eigenvalue weighted by atomic mass is 9.87. The number of ether oxygens (including phenoxy) is 2. The Morgan fingerprint density at radius 1 is 1.22 bits per heavy atom. The molecule has 0 radical (unpaired) electrons. The molecule has 0 aromatic rings. The summed E-state index contributed by atoms with van der Waals surface area (Å²) >= 11 is 1.85. The average molecular weight is 397 g/mol. The molecular formula is C21H36N2O3S. The molecule has 0 aliphatic carbocycles. The highest BCUT2D eigenvalue weighted by atomic mass is 32.2. The van der Waals surface area contributed by atoms with Crippen LogP contribution in [-0.2, 0) is 14.3 Å². The van der Waals surface area contributed by atoms with Crippen molar-refractivity contribution in [3.63, 3.8) is 0 Å². The smallest absolute Gasteiger partial charge is 0.219 e. The van der Waals surface area contributed by atoms with Crippen LogP contribution in [-0.4, -0.2) is 48.8 Å². The van der Waals surface area contributed by atoms with E-state index in [2.05, 4.69) is 24.6 Å². The quantitative estimate of drug-likeness (QED) is 0.737. The molecule has 0 saturated carbocycles. The van der Waals surface area contributed by atoms with Crippen molar-refractivity contribution in [2.24, 2.45) is 17.8 Å². The number of unbranched alkanes of at least 4 members (excludes halogenated alkanes) is 1. The molecule has 3 aliphatic rings. The molecule has 4 unspecified atom stereocenters. The van der Waals surface area contributed by atoms with E-state index >= 15 is 0 Å². The lowest BCUT2D eigenvalue weighted by molar-refractivity contribution is -0.130. The van der Waals surface area contributed by atoms with Crippen LogP contribution >= 0.6 is 11.8 Å². The van der Waals surface area contributed by atoms with Gasteiger partial charge in [-0.15, -0.1) is 11.8 Å². The summed E-state index contributed by atoms with van der Waals surface area (Å²) in [4.78, 5) is 13.5. The first-order valence-corrected chi connectivity index (χ1v) is 11.7. The second-order valence-electron chi connectivity index (χ2n) is 8.19. The van der Waals surface area contributed by atoms with Gasteiger partial charge < -0.3 is 19.7 Å². The van der Waals surface area contributed by atoms with Gasteiger partial charge in [0.1, 0.15) is 0 Å². The van der Waals surface area contributed by atoms with Crippen molar-refractivity contribution in [3.8, 4) is 0 Å². The van der Waals surface area contributed by atoms with E-state index < -0.39 is 0 Å². The third-order valence-corrected chi connectivity index (χ3v) is 7.55. The summed E-state index contributed by atoms with van der Waals surface area (Å²) in [6, 6.07) is 0. The fraction of sp³-hybridized carbons (Fsp3) is 0.857. The highest BCUT2D eigenvalue weighted by molar-refractivity contribution is 8.03. The lowest BCUT2D eigenvalue weighted by Gasteiger charge is -2.34. The van der Waals surface area contributed by atoms with Gasteiger partial charge in [-0.2, -0.15) is 0 Å². The van der Waals surface area contributed by atoms with E-state index in [1.165, 1.54) is 19.3 Å². The van der Waals surface area contributed by atoms with Crippen LogP contribution in [0.2, 0.25) is 0 Å². The second-order valence-corrected chi connectivity index (χ2v) is 9.20. The fourth-order valence-electron chi connectivity index (χ4n) is 4.41. The zero-order valence-corrected chi connectivity index (χ0v) is 17.9. The molecule has 0 aromatic heterocycles. The van der Waals surface area contributed by atoms with E-state index in [1.54, 1.807) is 6.92 Å². The third kappa shape index (κ3) is 5.42. The van der Waals surface area contributed by atoms with Crippen LogP contribution in [0, 0.1) is 17.8 Å². The van der Waals surface area contributed by atoms with Crippen LogP contribution < -0.4 is 5.32 Å².